The average molecular weight is 469 g/mol. The third-order valence-corrected chi connectivity index (χ3v) is 6.15. The summed E-state index contributed by atoms with van der Waals surface area (Å²) in [6.07, 6.45) is 2.86. The van der Waals surface area contributed by atoms with E-state index in [-0.39, 0.29) is 29.3 Å². The Bertz CT molecular complexity index is 1250. The van der Waals surface area contributed by atoms with Gasteiger partial charge < -0.3 is 26.0 Å². The van der Waals surface area contributed by atoms with Crippen LogP contribution in [0.25, 0.3) is 11.4 Å². The maximum atomic E-state index is 14.2. The van der Waals surface area contributed by atoms with Crippen molar-refractivity contribution < 1.29 is 28.5 Å². The first-order chi connectivity index (χ1) is 16.3. The van der Waals surface area contributed by atoms with Gasteiger partial charge in [-0.05, 0) is 31.0 Å². The third kappa shape index (κ3) is 3.87. The van der Waals surface area contributed by atoms with Crippen LogP contribution in [0.1, 0.15) is 41.4 Å². The van der Waals surface area contributed by atoms with Crippen molar-refractivity contribution in [3.63, 3.8) is 0 Å². The highest BCUT2D eigenvalue weighted by Gasteiger charge is 2.57. The van der Waals surface area contributed by atoms with Gasteiger partial charge in [0, 0.05) is 18.2 Å². The monoisotopic (exact) mass is 469 g/mol. The Morgan fingerprint density at radius 1 is 1.18 bits per heavy atom. The van der Waals surface area contributed by atoms with Crippen LogP contribution in [0.5, 0.6) is 0 Å². The number of pyridine rings is 1. The molecule has 9 nitrogen and oxygen atoms in total. The van der Waals surface area contributed by atoms with E-state index in [1.807, 2.05) is 0 Å². The number of anilines is 2. The molecule has 2 aromatic heterocycles. The standard InChI is InChI=1S/C23H21F2N5O4/c24-12-2-1-3-13(25)18(12)21-28-9-14(26)19(30-21)22(33)29-15-10-27-7-4-11(15)17-8-16(31)20(32)23(34-17)5-6-23/h1-4,7,9-10,16-17,20,31-32H,5-6,8,26H2,(H,29,33)/t16-,17-,20+/m0/s1. The normalized spacial score (nSPS) is 23.0. The fourth-order valence-corrected chi connectivity index (χ4v) is 4.20. The molecule has 1 saturated heterocycles. The first kappa shape index (κ1) is 22.3. The lowest BCUT2D eigenvalue weighted by Gasteiger charge is -2.38. The highest BCUT2D eigenvalue weighted by atomic mass is 19.1. The van der Waals surface area contributed by atoms with Crippen molar-refractivity contribution in [3.8, 4) is 11.4 Å². The molecule has 2 fully saturated rings. The number of carbonyl (C=O) groups is 1. The Balaban J connectivity index is 1.44. The fourth-order valence-electron chi connectivity index (χ4n) is 4.20. The first-order valence-corrected chi connectivity index (χ1v) is 10.7. The molecule has 1 aliphatic carbocycles. The zero-order valence-electron chi connectivity index (χ0n) is 17.8. The third-order valence-electron chi connectivity index (χ3n) is 6.15. The van der Waals surface area contributed by atoms with Gasteiger partial charge in [0.25, 0.3) is 5.91 Å². The van der Waals surface area contributed by atoms with Crippen LogP contribution < -0.4 is 11.1 Å². The van der Waals surface area contributed by atoms with Crippen LogP contribution in [0.2, 0.25) is 0 Å². The summed E-state index contributed by atoms with van der Waals surface area (Å²) < 4.78 is 34.5. The first-order valence-electron chi connectivity index (χ1n) is 10.7. The Morgan fingerprint density at radius 3 is 2.62 bits per heavy atom. The summed E-state index contributed by atoms with van der Waals surface area (Å²) in [6, 6.07) is 4.96. The number of nitrogens with two attached hydrogens (primary N) is 1. The number of hydrogen-bond acceptors (Lipinski definition) is 8. The fraction of sp³-hybridized carbons (Fsp3) is 0.304. The number of carbonyl (C=O) groups excluding carboxylic acids is 1. The minimum absolute atomic E-state index is 0.0900. The Hall–Kier alpha value is -3.54. The summed E-state index contributed by atoms with van der Waals surface area (Å²) in [4.78, 5) is 25.0. The van der Waals surface area contributed by atoms with E-state index in [0.29, 0.717) is 18.4 Å². The van der Waals surface area contributed by atoms with Crippen molar-refractivity contribution in [3.05, 3.63) is 65.7 Å². The van der Waals surface area contributed by atoms with E-state index < -0.39 is 47.0 Å². The number of aliphatic hydroxyl groups excluding tert-OH is 2. The molecule has 3 atom stereocenters. The molecule has 0 radical (unpaired) electrons. The molecule has 5 rings (SSSR count). The largest absolute Gasteiger partial charge is 0.396 e. The van der Waals surface area contributed by atoms with Crippen LogP contribution in [0.3, 0.4) is 0 Å². The average Bonchev–Trinajstić information content (AvgIpc) is 3.58. The van der Waals surface area contributed by atoms with Crippen molar-refractivity contribution in [1.29, 1.82) is 0 Å². The number of nitrogens with one attached hydrogen (secondary N) is 1. The Labute approximate surface area is 192 Å². The molecule has 176 valence electrons. The van der Waals surface area contributed by atoms with E-state index in [1.54, 1.807) is 6.07 Å². The lowest BCUT2D eigenvalue weighted by Crippen LogP contribution is -2.47. The van der Waals surface area contributed by atoms with Crippen molar-refractivity contribution in [1.82, 2.24) is 15.0 Å². The number of nitrogens with zero attached hydrogens (tertiary/aromatic N) is 3. The lowest BCUT2D eigenvalue weighted by molar-refractivity contribution is -0.185. The number of rotatable bonds is 4. The highest BCUT2D eigenvalue weighted by molar-refractivity contribution is 6.06. The number of nitrogen functional groups attached to an aromatic ring is 1. The molecule has 0 unspecified atom stereocenters. The van der Waals surface area contributed by atoms with Gasteiger partial charge in [-0.2, -0.15) is 0 Å². The SMILES string of the molecule is Nc1cnc(-c2c(F)cccc2F)nc1C(=O)Nc1cnccc1[C@@H]1C[C@H](O)[C@@H](O)C2(CC2)O1. The summed E-state index contributed by atoms with van der Waals surface area (Å²) in [5.41, 5.74) is 5.09. The summed E-state index contributed by atoms with van der Waals surface area (Å²) in [6.45, 7) is 0. The molecule has 1 spiro atoms. The minimum atomic E-state index is -0.978. The second-order valence-corrected chi connectivity index (χ2v) is 8.43. The number of benzene rings is 1. The van der Waals surface area contributed by atoms with Gasteiger partial charge in [0.15, 0.2) is 11.5 Å². The maximum absolute atomic E-state index is 14.2. The highest BCUT2D eigenvalue weighted by Crippen LogP contribution is 2.52. The van der Waals surface area contributed by atoms with Gasteiger partial charge in [-0.3, -0.25) is 9.78 Å². The maximum Gasteiger partial charge on any atom is 0.276 e. The van der Waals surface area contributed by atoms with E-state index in [4.69, 9.17) is 10.5 Å². The van der Waals surface area contributed by atoms with Crippen molar-refractivity contribution in [2.45, 2.75) is 43.2 Å². The molecule has 2 aliphatic rings. The van der Waals surface area contributed by atoms with Crippen molar-refractivity contribution in [2.24, 2.45) is 0 Å². The summed E-state index contributed by atoms with van der Waals surface area (Å²) >= 11 is 0. The second kappa shape index (κ2) is 8.35. The summed E-state index contributed by atoms with van der Waals surface area (Å²) in [5, 5.41) is 23.2. The number of halogens is 2. The van der Waals surface area contributed by atoms with E-state index in [1.165, 1.54) is 18.5 Å². The Morgan fingerprint density at radius 2 is 1.91 bits per heavy atom. The van der Waals surface area contributed by atoms with E-state index >= 15 is 0 Å². The number of aromatic nitrogens is 3. The van der Waals surface area contributed by atoms with Crippen molar-refractivity contribution in [2.75, 3.05) is 11.1 Å². The summed E-state index contributed by atoms with van der Waals surface area (Å²) in [5.74, 6) is -2.83. The van der Waals surface area contributed by atoms with Crippen LogP contribution in [0, 0.1) is 11.6 Å². The number of aliphatic hydroxyl groups is 2. The lowest BCUT2D eigenvalue weighted by atomic mass is 9.92. The van der Waals surface area contributed by atoms with Gasteiger partial charge in [0.1, 0.15) is 17.7 Å². The molecular formula is C23H21F2N5O4. The number of amides is 1. The molecule has 3 aromatic rings. The topological polar surface area (TPSA) is 143 Å². The molecule has 1 saturated carbocycles. The molecular weight excluding hydrogens is 448 g/mol. The zero-order valence-corrected chi connectivity index (χ0v) is 17.8. The number of ether oxygens (including phenoxy) is 1. The van der Waals surface area contributed by atoms with Crippen LogP contribution in [0.15, 0.2) is 42.9 Å². The van der Waals surface area contributed by atoms with Gasteiger partial charge >= 0.3 is 0 Å². The molecule has 5 N–H and O–H groups in total. The van der Waals surface area contributed by atoms with Crippen LogP contribution in [0.4, 0.5) is 20.2 Å². The van der Waals surface area contributed by atoms with Crippen molar-refractivity contribution >= 4 is 17.3 Å². The Kier molecular flexibility index (Phi) is 5.47. The quantitative estimate of drug-likeness (QED) is 0.456. The predicted molar refractivity (Wildman–Crippen MR) is 116 cm³/mol. The molecule has 0 bridgehead atoms. The molecule has 1 aliphatic heterocycles. The van der Waals surface area contributed by atoms with Crippen LogP contribution in [-0.2, 0) is 4.74 Å². The van der Waals surface area contributed by atoms with Gasteiger partial charge in [0.05, 0.1) is 47.1 Å². The number of hydrogen-bond donors (Lipinski definition) is 4. The predicted octanol–water partition coefficient (Wildman–Crippen LogP) is 2.37. The zero-order chi connectivity index (χ0) is 24.0. The molecule has 11 heteroatoms. The van der Waals surface area contributed by atoms with E-state index in [9.17, 15) is 23.8 Å². The van der Waals surface area contributed by atoms with Crippen LogP contribution in [-0.4, -0.2) is 48.9 Å². The van der Waals surface area contributed by atoms with Gasteiger partial charge in [0.2, 0.25) is 0 Å². The smallest absolute Gasteiger partial charge is 0.276 e. The van der Waals surface area contributed by atoms with Crippen LogP contribution >= 0.6 is 0 Å². The van der Waals surface area contributed by atoms with Gasteiger partial charge in [-0.15, -0.1) is 0 Å². The molecule has 34 heavy (non-hydrogen) atoms. The van der Waals surface area contributed by atoms with Gasteiger partial charge in [-0.1, -0.05) is 6.07 Å². The van der Waals surface area contributed by atoms with E-state index in [0.717, 1.165) is 18.3 Å². The molecule has 3 heterocycles. The van der Waals surface area contributed by atoms with E-state index in [2.05, 4.69) is 20.3 Å². The molecule has 1 amide bonds. The van der Waals surface area contributed by atoms with Gasteiger partial charge in [-0.25, -0.2) is 18.7 Å². The minimum Gasteiger partial charge on any atom is -0.396 e. The molecule has 1 aromatic carbocycles. The second-order valence-electron chi connectivity index (χ2n) is 8.43. The summed E-state index contributed by atoms with van der Waals surface area (Å²) in [7, 11) is 0.